The zero-order valence-corrected chi connectivity index (χ0v) is 17.4. The van der Waals surface area contributed by atoms with Gasteiger partial charge in [-0.15, -0.1) is 0 Å². The highest BCUT2D eigenvalue weighted by Gasteiger charge is 2.18. The number of sulfone groups is 1. The third-order valence-electron chi connectivity index (χ3n) is 4.70. The van der Waals surface area contributed by atoms with Gasteiger partial charge in [-0.2, -0.15) is 0 Å². The Hall–Kier alpha value is -1.67. The van der Waals surface area contributed by atoms with Crippen LogP contribution in [-0.2, 0) is 14.6 Å². The van der Waals surface area contributed by atoms with Gasteiger partial charge in [0.05, 0.1) is 25.0 Å². The van der Waals surface area contributed by atoms with E-state index in [1.807, 2.05) is 6.92 Å². The van der Waals surface area contributed by atoms with Gasteiger partial charge in [-0.3, -0.25) is 4.99 Å². The molecule has 0 saturated heterocycles. The Morgan fingerprint density at radius 2 is 1.89 bits per heavy atom. The summed E-state index contributed by atoms with van der Waals surface area (Å²) < 4.78 is 44.2. The van der Waals surface area contributed by atoms with E-state index in [-0.39, 0.29) is 17.2 Å². The van der Waals surface area contributed by atoms with E-state index in [1.165, 1.54) is 43.9 Å². The lowest BCUT2D eigenvalue weighted by Gasteiger charge is -2.15. The van der Waals surface area contributed by atoms with Crippen LogP contribution in [0.15, 0.2) is 34.2 Å². The van der Waals surface area contributed by atoms with Crippen LogP contribution < -0.4 is 10.6 Å². The van der Waals surface area contributed by atoms with Crippen LogP contribution in [0.3, 0.4) is 0 Å². The number of benzene rings is 1. The van der Waals surface area contributed by atoms with Gasteiger partial charge in [0.1, 0.15) is 10.7 Å². The number of ether oxygens (including phenoxy) is 1. The van der Waals surface area contributed by atoms with Crippen molar-refractivity contribution in [3.63, 3.8) is 0 Å². The number of nitrogens with zero attached hydrogens (tertiary/aromatic N) is 1. The fourth-order valence-electron chi connectivity index (χ4n) is 3.24. The second-order valence-electron chi connectivity index (χ2n) is 6.92. The molecule has 1 saturated carbocycles. The highest BCUT2D eigenvalue weighted by Crippen LogP contribution is 2.19. The highest BCUT2D eigenvalue weighted by molar-refractivity contribution is 7.91. The Balaban J connectivity index is 1.78. The molecular formula is C20H32FN3O3S. The van der Waals surface area contributed by atoms with E-state index in [9.17, 15) is 12.8 Å². The topological polar surface area (TPSA) is 79.8 Å². The summed E-state index contributed by atoms with van der Waals surface area (Å²) in [5.74, 6) is -0.397. The summed E-state index contributed by atoms with van der Waals surface area (Å²) in [4.78, 5) is 4.16. The molecule has 1 aromatic carbocycles. The van der Waals surface area contributed by atoms with Crippen LogP contribution in [0.5, 0.6) is 0 Å². The van der Waals surface area contributed by atoms with Crippen LogP contribution in [0.4, 0.5) is 4.39 Å². The summed E-state index contributed by atoms with van der Waals surface area (Å²) in [5.41, 5.74) is 0. The first kappa shape index (κ1) is 22.6. The molecule has 28 heavy (non-hydrogen) atoms. The monoisotopic (exact) mass is 413 g/mol. The van der Waals surface area contributed by atoms with Gasteiger partial charge in [0.25, 0.3) is 0 Å². The van der Waals surface area contributed by atoms with Gasteiger partial charge in [0.2, 0.25) is 0 Å². The predicted octanol–water partition coefficient (Wildman–Crippen LogP) is 2.89. The minimum Gasteiger partial charge on any atom is -0.376 e. The van der Waals surface area contributed by atoms with Crippen molar-refractivity contribution in [1.82, 2.24) is 10.6 Å². The molecule has 158 valence electrons. The number of rotatable bonds is 9. The lowest BCUT2D eigenvalue weighted by atomic mass is 10.1. The van der Waals surface area contributed by atoms with Gasteiger partial charge in [-0.25, -0.2) is 12.8 Å². The maximum atomic E-state index is 13.7. The van der Waals surface area contributed by atoms with E-state index >= 15 is 0 Å². The van der Waals surface area contributed by atoms with Gasteiger partial charge >= 0.3 is 0 Å². The second kappa shape index (κ2) is 12.0. The van der Waals surface area contributed by atoms with Crippen LogP contribution in [0, 0.1) is 5.82 Å². The summed E-state index contributed by atoms with van der Waals surface area (Å²) in [7, 11) is -3.69. The standard InChI is InChI=1S/C20H32FN3O3S/c1-2-22-20(23-13-15-27-17-9-5-3-4-6-10-17)24-14-16-28(25,26)19-12-8-7-11-18(19)21/h7-8,11-12,17H,2-6,9-10,13-16H2,1H3,(H2,22,23,24). The molecular weight excluding hydrogens is 381 g/mol. The Bertz CT molecular complexity index is 717. The summed E-state index contributed by atoms with van der Waals surface area (Å²) in [6.45, 7) is 3.80. The molecule has 8 heteroatoms. The van der Waals surface area contributed by atoms with Crippen LogP contribution in [-0.4, -0.2) is 52.5 Å². The summed E-state index contributed by atoms with van der Waals surface area (Å²) >= 11 is 0. The number of nitrogens with one attached hydrogen (secondary N) is 2. The van der Waals surface area contributed by atoms with Gasteiger partial charge in [0, 0.05) is 13.1 Å². The maximum Gasteiger partial charge on any atom is 0.191 e. The van der Waals surface area contributed by atoms with Gasteiger partial charge in [0.15, 0.2) is 15.8 Å². The van der Waals surface area contributed by atoms with E-state index in [1.54, 1.807) is 0 Å². The van der Waals surface area contributed by atoms with Crippen molar-refractivity contribution >= 4 is 15.8 Å². The van der Waals surface area contributed by atoms with Gasteiger partial charge in [-0.05, 0) is 31.9 Å². The normalized spacial score (nSPS) is 16.6. The third-order valence-corrected chi connectivity index (χ3v) is 6.44. The zero-order chi connectivity index (χ0) is 20.2. The summed E-state index contributed by atoms with van der Waals surface area (Å²) in [5, 5.41) is 6.08. The molecule has 2 rings (SSSR count). The average Bonchev–Trinajstić information content (AvgIpc) is 2.94. The number of guanidine groups is 1. The van der Waals surface area contributed by atoms with E-state index < -0.39 is 15.7 Å². The van der Waals surface area contributed by atoms with Crippen LogP contribution in [0.2, 0.25) is 0 Å². The second-order valence-corrected chi connectivity index (χ2v) is 9.00. The molecule has 1 fully saturated rings. The quantitative estimate of drug-likeness (QED) is 0.282. The van der Waals surface area contributed by atoms with Gasteiger partial charge < -0.3 is 15.4 Å². The molecule has 0 amide bonds. The largest absolute Gasteiger partial charge is 0.376 e. The molecule has 1 aliphatic rings. The number of hydrogen-bond donors (Lipinski definition) is 2. The molecule has 0 spiro atoms. The van der Waals surface area contributed by atoms with Crippen LogP contribution in [0.1, 0.15) is 45.4 Å². The lowest BCUT2D eigenvalue weighted by Crippen LogP contribution is -2.40. The first-order valence-electron chi connectivity index (χ1n) is 10.1. The third kappa shape index (κ3) is 7.75. The fourth-order valence-corrected chi connectivity index (χ4v) is 4.48. The van der Waals surface area contributed by atoms with E-state index in [2.05, 4.69) is 15.6 Å². The zero-order valence-electron chi connectivity index (χ0n) is 16.6. The molecule has 0 heterocycles. The van der Waals surface area contributed by atoms with E-state index in [4.69, 9.17) is 4.74 Å². The SMILES string of the molecule is CCNC(=NCCOC1CCCCCC1)NCCS(=O)(=O)c1ccccc1F. The van der Waals surface area contributed by atoms with Crippen molar-refractivity contribution in [3.8, 4) is 0 Å². The lowest BCUT2D eigenvalue weighted by molar-refractivity contribution is 0.0487. The molecule has 2 N–H and O–H groups in total. The van der Waals surface area contributed by atoms with Crippen molar-refractivity contribution in [2.75, 3.05) is 32.0 Å². The van der Waals surface area contributed by atoms with E-state index in [0.29, 0.717) is 31.8 Å². The molecule has 0 aliphatic heterocycles. The van der Waals surface area contributed by atoms with Crippen molar-refractivity contribution in [2.45, 2.75) is 56.4 Å². The number of aliphatic imine (C=N–C) groups is 1. The summed E-state index contributed by atoms with van der Waals surface area (Å²) in [6, 6.07) is 5.43. The van der Waals surface area contributed by atoms with E-state index in [0.717, 1.165) is 18.9 Å². The molecule has 0 unspecified atom stereocenters. The molecule has 6 nitrogen and oxygen atoms in total. The smallest absolute Gasteiger partial charge is 0.191 e. The molecule has 0 atom stereocenters. The highest BCUT2D eigenvalue weighted by atomic mass is 32.2. The molecule has 0 aromatic heterocycles. The fraction of sp³-hybridized carbons (Fsp3) is 0.650. The van der Waals surface area contributed by atoms with Crippen LogP contribution in [0.25, 0.3) is 0 Å². The van der Waals surface area contributed by atoms with Crippen molar-refractivity contribution < 1.29 is 17.5 Å². The Morgan fingerprint density at radius 3 is 2.57 bits per heavy atom. The maximum absolute atomic E-state index is 13.7. The average molecular weight is 414 g/mol. The first-order valence-corrected chi connectivity index (χ1v) is 11.8. The van der Waals surface area contributed by atoms with Crippen molar-refractivity contribution in [1.29, 1.82) is 0 Å². The van der Waals surface area contributed by atoms with Crippen LogP contribution >= 0.6 is 0 Å². The van der Waals surface area contributed by atoms with Crippen molar-refractivity contribution in [2.24, 2.45) is 4.99 Å². The molecule has 1 aliphatic carbocycles. The van der Waals surface area contributed by atoms with Crippen molar-refractivity contribution in [3.05, 3.63) is 30.1 Å². The molecule has 0 radical (unpaired) electrons. The number of hydrogen-bond acceptors (Lipinski definition) is 4. The minimum absolute atomic E-state index is 0.145. The molecule has 0 bridgehead atoms. The number of halogens is 1. The Morgan fingerprint density at radius 1 is 1.18 bits per heavy atom. The Kier molecular flexibility index (Phi) is 9.70. The Labute approximate surface area is 167 Å². The molecule has 1 aromatic rings. The minimum atomic E-state index is -3.69. The first-order chi connectivity index (χ1) is 13.5. The summed E-state index contributed by atoms with van der Waals surface area (Å²) in [6.07, 6.45) is 7.62. The predicted molar refractivity (Wildman–Crippen MR) is 110 cm³/mol. The van der Waals surface area contributed by atoms with Gasteiger partial charge in [-0.1, -0.05) is 37.8 Å².